The summed E-state index contributed by atoms with van der Waals surface area (Å²) in [7, 11) is -3.68. The fourth-order valence-corrected chi connectivity index (χ4v) is 5.13. The van der Waals surface area contributed by atoms with Gasteiger partial charge in [-0.25, -0.2) is 5.01 Å². The maximum Gasteiger partial charge on any atom is 0.292 e. The summed E-state index contributed by atoms with van der Waals surface area (Å²) >= 11 is 5.86. The van der Waals surface area contributed by atoms with Crippen LogP contribution in [0.1, 0.15) is 36.0 Å². The summed E-state index contributed by atoms with van der Waals surface area (Å²) in [5.41, 5.74) is 5.90. The molecule has 8 nitrogen and oxygen atoms in total. The fraction of sp³-hybridized carbons (Fsp3) is 0.556. The molecule has 0 aliphatic carbocycles. The quantitative estimate of drug-likeness (QED) is 0.660. The second-order valence-corrected chi connectivity index (χ2v) is 9.39. The van der Waals surface area contributed by atoms with Gasteiger partial charge in [0.15, 0.2) is 5.78 Å². The number of hydrazine groups is 1. The molecule has 0 radical (unpaired) electrons. The Morgan fingerprint density at radius 2 is 1.50 bits per heavy atom. The molecule has 28 heavy (non-hydrogen) atoms. The van der Waals surface area contributed by atoms with E-state index in [1.807, 2.05) is 0 Å². The van der Waals surface area contributed by atoms with Gasteiger partial charge >= 0.3 is 0 Å². The average molecular weight is 429 g/mol. The van der Waals surface area contributed by atoms with Crippen molar-refractivity contribution in [2.45, 2.75) is 25.7 Å². The summed E-state index contributed by atoms with van der Waals surface area (Å²) in [4.78, 5) is 26.4. The number of amides is 1. The van der Waals surface area contributed by atoms with E-state index in [-0.39, 0.29) is 36.6 Å². The minimum atomic E-state index is -3.68. The third-order valence-electron chi connectivity index (χ3n) is 5.44. The second-order valence-electron chi connectivity index (χ2n) is 7.30. The van der Waals surface area contributed by atoms with Gasteiger partial charge in [-0.05, 0) is 49.9 Å². The summed E-state index contributed by atoms with van der Waals surface area (Å²) in [6, 6.07) is 6.76. The zero-order chi connectivity index (χ0) is 20.3. The van der Waals surface area contributed by atoms with Crippen molar-refractivity contribution in [1.29, 1.82) is 0 Å². The number of nitrogens with two attached hydrogens (primary N) is 1. The molecule has 2 aliphatic heterocycles. The largest absolute Gasteiger partial charge is 0.369 e. The summed E-state index contributed by atoms with van der Waals surface area (Å²) in [5.74, 6) is -0.709. The highest BCUT2D eigenvalue weighted by Gasteiger charge is 2.33. The lowest BCUT2D eigenvalue weighted by atomic mass is 9.90. The zero-order valence-electron chi connectivity index (χ0n) is 15.5. The number of benzene rings is 1. The number of Topliss-reactive ketones (excluding diaryl/α,β-unsaturated/α-hetero) is 1. The van der Waals surface area contributed by atoms with E-state index in [0.717, 1.165) is 0 Å². The number of halogens is 1. The van der Waals surface area contributed by atoms with Crippen molar-refractivity contribution in [2.75, 3.05) is 26.2 Å². The third kappa shape index (κ3) is 5.09. The maximum absolute atomic E-state index is 12.6. The van der Waals surface area contributed by atoms with Crippen LogP contribution in [0.15, 0.2) is 24.3 Å². The summed E-state index contributed by atoms with van der Waals surface area (Å²) in [6.07, 6.45) is 2.03. The Bertz CT molecular complexity index is 814. The van der Waals surface area contributed by atoms with Gasteiger partial charge in [0.05, 0.1) is 0 Å². The highest BCUT2D eigenvalue weighted by Crippen LogP contribution is 2.24. The van der Waals surface area contributed by atoms with Crippen LogP contribution in [0.25, 0.3) is 0 Å². The molecule has 3 rings (SSSR count). The van der Waals surface area contributed by atoms with Crippen molar-refractivity contribution >= 4 is 33.5 Å². The van der Waals surface area contributed by atoms with Crippen LogP contribution < -0.4 is 10.6 Å². The number of piperidine rings is 2. The van der Waals surface area contributed by atoms with Crippen molar-refractivity contribution in [3.63, 3.8) is 0 Å². The Balaban J connectivity index is 1.51. The second kappa shape index (κ2) is 8.87. The molecule has 0 spiro atoms. The lowest BCUT2D eigenvalue weighted by molar-refractivity contribution is -0.123. The molecule has 10 heteroatoms. The summed E-state index contributed by atoms with van der Waals surface area (Å²) in [5, 5.41) is 2.18. The van der Waals surface area contributed by atoms with Gasteiger partial charge in [0.1, 0.15) is 0 Å². The summed E-state index contributed by atoms with van der Waals surface area (Å²) < 4.78 is 26.6. The molecule has 0 saturated carbocycles. The van der Waals surface area contributed by atoms with Crippen molar-refractivity contribution in [3.05, 3.63) is 34.9 Å². The van der Waals surface area contributed by atoms with E-state index in [1.54, 1.807) is 29.3 Å². The Hall–Kier alpha value is -1.52. The molecule has 0 unspecified atom stereocenters. The SMILES string of the molecule is NC(=O)C1CCN(NS(=O)(=O)N2CCC(C(=O)c3ccc(Cl)cc3)CC2)CC1. The first-order valence-corrected chi connectivity index (χ1v) is 11.2. The topological polar surface area (TPSA) is 113 Å². The van der Waals surface area contributed by atoms with Crippen molar-refractivity contribution < 1.29 is 18.0 Å². The molecule has 0 bridgehead atoms. The van der Waals surface area contributed by atoms with E-state index in [2.05, 4.69) is 4.83 Å². The van der Waals surface area contributed by atoms with E-state index in [4.69, 9.17) is 17.3 Å². The Morgan fingerprint density at radius 1 is 0.964 bits per heavy atom. The van der Waals surface area contributed by atoms with E-state index in [1.165, 1.54) is 4.31 Å². The zero-order valence-corrected chi connectivity index (χ0v) is 17.1. The van der Waals surface area contributed by atoms with Crippen LogP contribution in [0.5, 0.6) is 0 Å². The predicted molar refractivity (Wildman–Crippen MR) is 106 cm³/mol. The van der Waals surface area contributed by atoms with Gasteiger partial charge in [0.25, 0.3) is 10.2 Å². The number of carbonyl (C=O) groups excluding carboxylic acids is 2. The number of primary amides is 1. The van der Waals surface area contributed by atoms with Gasteiger partial charge < -0.3 is 5.73 Å². The van der Waals surface area contributed by atoms with Crippen LogP contribution in [0.4, 0.5) is 0 Å². The van der Waals surface area contributed by atoms with Gasteiger partial charge in [0, 0.05) is 48.6 Å². The van der Waals surface area contributed by atoms with E-state index in [0.29, 0.717) is 49.4 Å². The number of rotatable bonds is 6. The summed E-state index contributed by atoms with van der Waals surface area (Å²) in [6.45, 7) is 1.46. The van der Waals surface area contributed by atoms with Crippen LogP contribution in [-0.4, -0.2) is 55.6 Å². The molecule has 1 aromatic carbocycles. The molecule has 1 aromatic rings. The lowest BCUT2D eigenvalue weighted by Gasteiger charge is -2.35. The van der Waals surface area contributed by atoms with Crippen LogP contribution in [0.2, 0.25) is 5.02 Å². The highest BCUT2D eigenvalue weighted by atomic mass is 35.5. The monoisotopic (exact) mass is 428 g/mol. The molecule has 0 atom stereocenters. The van der Waals surface area contributed by atoms with Gasteiger partial charge in [-0.15, -0.1) is 4.83 Å². The molecule has 0 aromatic heterocycles. The van der Waals surface area contributed by atoms with Gasteiger partial charge in [-0.2, -0.15) is 12.7 Å². The Labute approximate surface area is 170 Å². The smallest absolute Gasteiger partial charge is 0.292 e. The molecule has 2 fully saturated rings. The molecule has 2 aliphatic rings. The van der Waals surface area contributed by atoms with Crippen LogP contribution in [-0.2, 0) is 15.0 Å². The third-order valence-corrected chi connectivity index (χ3v) is 7.22. The minimum Gasteiger partial charge on any atom is -0.369 e. The average Bonchev–Trinajstić information content (AvgIpc) is 2.68. The lowest BCUT2D eigenvalue weighted by Crippen LogP contribution is -2.54. The van der Waals surface area contributed by atoms with Crippen LogP contribution in [0.3, 0.4) is 0 Å². The fourth-order valence-electron chi connectivity index (χ4n) is 3.68. The first-order chi connectivity index (χ1) is 13.3. The number of nitrogens with zero attached hydrogens (tertiary/aromatic N) is 2. The Kier molecular flexibility index (Phi) is 6.72. The van der Waals surface area contributed by atoms with Crippen LogP contribution in [0, 0.1) is 11.8 Å². The van der Waals surface area contributed by atoms with Crippen molar-refractivity contribution in [1.82, 2.24) is 14.1 Å². The molecular weight excluding hydrogens is 404 g/mol. The molecule has 2 saturated heterocycles. The van der Waals surface area contributed by atoms with E-state index >= 15 is 0 Å². The Morgan fingerprint density at radius 3 is 2.04 bits per heavy atom. The number of nitrogens with one attached hydrogen (secondary N) is 1. The van der Waals surface area contributed by atoms with Gasteiger partial charge in [-0.3, -0.25) is 9.59 Å². The number of hydrogen-bond acceptors (Lipinski definition) is 5. The standard InChI is InChI=1S/C18H25ClN4O4S/c19-16-3-1-13(2-4-16)17(24)14-7-11-23(12-8-14)28(26,27)21-22-9-5-15(6-10-22)18(20)25/h1-4,14-15,21H,5-12H2,(H2,20,25). The van der Waals surface area contributed by atoms with E-state index in [9.17, 15) is 18.0 Å². The molecule has 2 heterocycles. The molecule has 1 amide bonds. The first kappa shape index (κ1) is 21.2. The van der Waals surface area contributed by atoms with Crippen molar-refractivity contribution in [3.8, 4) is 0 Å². The minimum absolute atomic E-state index is 0.0233. The van der Waals surface area contributed by atoms with Crippen molar-refractivity contribution in [2.24, 2.45) is 17.6 Å². The van der Waals surface area contributed by atoms with Crippen LogP contribution >= 0.6 is 11.6 Å². The highest BCUT2D eigenvalue weighted by molar-refractivity contribution is 7.87. The van der Waals surface area contributed by atoms with E-state index < -0.39 is 10.2 Å². The maximum atomic E-state index is 12.6. The molecular formula is C18H25ClN4O4S. The predicted octanol–water partition coefficient (Wildman–Crippen LogP) is 1.18. The van der Waals surface area contributed by atoms with Gasteiger partial charge in [-0.1, -0.05) is 11.6 Å². The van der Waals surface area contributed by atoms with Gasteiger partial charge in [0.2, 0.25) is 5.91 Å². The number of hydrogen-bond donors (Lipinski definition) is 2. The molecule has 154 valence electrons. The normalized spacial score (nSPS) is 20.9. The first-order valence-electron chi connectivity index (χ1n) is 9.38. The number of ketones is 1. The molecule has 3 N–H and O–H groups in total. The number of carbonyl (C=O) groups is 2.